The second-order valence-electron chi connectivity index (χ2n) is 6.56. The highest BCUT2D eigenvalue weighted by atomic mass is 15.3. The summed E-state index contributed by atoms with van der Waals surface area (Å²) in [6, 6.07) is 12.2. The summed E-state index contributed by atoms with van der Waals surface area (Å²) < 4.78 is 0. The molecule has 2 saturated heterocycles. The lowest BCUT2D eigenvalue weighted by Crippen LogP contribution is -2.54. The van der Waals surface area contributed by atoms with Gasteiger partial charge in [-0.05, 0) is 37.9 Å². The van der Waals surface area contributed by atoms with E-state index in [1.54, 1.807) is 0 Å². The highest BCUT2D eigenvalue weighted by molar-refractivity contribution is 5.81. The average Bonchev–Trinajstić information content (AvgIpc) is 2.95. The van der Waals surface area contributed by atoms with E-state index in [4.69, 9.17) is 0 Å². The van der Waals surface area contributed by atoms with E-state index in [1.165, 1.54) is 48.9 Å². The van der Waals surface area contributed by atoms with Gasteiger partial charge >= 0.3 is 0 Å². The first-order valence-corrected chi connectivity index (χ1v) is 8.12. The topological polar surface area (TPSA) is 19.4 Å². The Morgan fingerprint density at radius 3 is 3.05 bits per heavy atom. The zero-order chi connectivity index (χ0) is 14.2. The lowest BCUT2D eigenvalue weighted by Gasteiger charge is -2.42. The van der Waals surface area contributed by atoms with Gasteiger partial charge in [-0.25, -0.2) is 0 Å². The van der Waals surface area contributed by atoms with Gasteiger partial charge in [-0.1, -0.05) is 24.3 Å². The molecule has 1 aromatic carbocycles. The van der Waals surface area contributed by atoms with E-state index in [9.17, 15) is 0 Å². The molecule has 2 aromatic rings. The number of aromatic nitrogens is 1. The fourth-order valence-electron chi connectivity index (χ4n) is 3.98. The van der Waals surface area contributed by atoms with Gasteiger partial charge < -0.3 is 0 Å². The molecule has 0 amide bonds. The Bertz CT molecular complexity index is 634. The van der Waals surface area contributed by atoms with Crippen LogP contribution in [0.1, 0.15) is 25.3 Å². The SMILES string of the molecule is CC1CN2CCCC2CN1Cc1cccc2cccnc12. The summed E-state index contributed by atoms with van der Waals surface area (Å²) >= 11 is 0. The van der Waals surface area contributed by atoms with E-state index >= 15 is 0 Å². The van der Waals surface area contributed by atoms with Crippen molar-refractivity contribution in [1.29, 1.82) is 0 Å². The Labute approximate surface area is 126 Å². The third-order valence-electron chi connectivity index (χ3n) is 5.16. The predicted molar refractivity (Wildman–Crippen MR) is 86.2 cm³/mol. The quantitative estimate of drug-likeness (QED) is 0.844. The predicted octanol–water partition coefficient (Wildman–Crippen LogP) is 2.90. The number of rotatable bonds is 2. The molecule has 0 saturated carbocycles. The summed E-state index contributed by atoms with van der Waals surface area (Å²) in [5.74, 6) is 0. The maximum absolute atomic E-state index is 4.60. The molecular weight excluding hydrogens is 258 g/mol. The highest BCUT2D eigenvalue weighted by Crippen LogP contribution is 2.27. The second-order valence-corrected chi connectivity index (χ2v) is 6.56. The monoisotopic (exact) mass is 281 g/mol. The van der Waals surface area contributed by atoms with Gasteiger partial charge in [0.2, 0.25) is 0 Å². The molecule has 110 valence electrons. The van der Waals surface area contributed by atoms with Gasteiger partial charge in [-0.2, -0.15) is 0 Å². The number of hydrogen-bond donors (Lipinski definition) is 0. The summed E-state index contributed by atoms with van der Waals surface area (Å²) in [4.78, 5) is 9.93. The molecule has 0 spiro atoms. The normalized spacial score (nSPS) is 27.1. The number of fused-ring (bicyclic) bond motifs is 2. The van der Waals surface area contributed by atoms with Crippen LogP contribution in [0.3, 0.4) is 0 Å². The number of benzene rings is 1. The lowest BCUT2D eigenvalue weighted by molar-refractivity contribution is 0.0543. The molecule has 2 aliphatic heterocycles. The van der Waals surface area contributed by atoms with E-state index in [1.807, 2.05) is 12.3 Å². The zero-order valence-corrected chi connectivity index (χ0v) is 12.7. The van der Waals surface area contributed by atoms with Crippen LogP contribution in [0, 0.1) is 0 Å². The summed E-state index contributed by atoms with van der Waals surface area (Å²) in [7, 11) is 0. The fraction of sp³-hybridized carbons (Fsp3) is 0.500. The number of hydrogen-bond acceptors (Lipinski definition) is 3. The van der Waals surface area contributed by atoms with Crippen molar-refractivity contribution >= 4 is 10.9 Å². The molecule has 0 aliphatic carbocycles. The Hall–Kier alpha value is -1.45. The van der Waals surface area contributed by atoms with Gasteiger partial charge in [0.15, 0.2) is 0 Å². The minimum Gasteiger partial charge on any atom is -0.298 e. The maximum Gasteiger partial charge on any atom is 0.0746 e. The Morgan fingerprint density at radius 2 is 2.10 bits per heavy atom. The second kappa shape index (κ2) is 5.39. The van der Waals surface area contributed by atoms with E-state index in [-0.39, 0.29) is 0 Å². The average molecular weight is 281 g/mol. The molecule has 2 fully saturated rings. The first-order chi connectivity index (χ1) is 10.3. The number of nitrogens with zero attached hydrogens (tertiary/aromatic N) is 3. The molecule has 4 rings (SSSR count). The minimum absolute atomic E-state index is 0.637. The van der Waals surface area contributed by atoms with Crippen molar-refractivity contribution in [3.63, 3.8) is 0 Å². The van der Waals surface area contributed by atoms with Gasteiger partial charge in [0, 0.05) is 43.3 Å². The molecule has 2 atom stereocenters. The molecule has 1 aromatic heterocycles. The van der Waals surface area contributed by atoms with E-state index in [0.717, 1.165) is 12.6 Å². The van der Waals surface area contributed by atoms with Crippen LogP contribution in [0.15, 0.2) is 36.5 Å². The van der Waals surface area contributed by atoms with E-state index < -0.39 is 0 Å². The molecule has 0 radical (unpaired) electrons. The molecule has 3 nitrogen and oxygen atoms in total. The zero-order valence-electron chi connectivity index (χ0n) is 12.7. The molecule has 3 heteroatoms. The molecule has 0 bridgehead atoms. The highest BCUT2D eigenvalue weighted by Gasteiger charge is 2.34. The van der Waals surface area contributed by atoms with Crippen molar-refractivity contribution < 1.29 is 0 Å². The fourth-order valence-corrected chi connectivity index (χ4v) is 3.98. The van der Waals surface area contributed by atoms with Gasteiger partial charge in [0.05, 0.1) is 5.52 Å². The van der Waals surface area contributed by atoms with Crippen LogP contribution in [-0.4, -0.2) is 46.5 Å². The van der Waals surface area contributed by atoms with Crippen molar-refractivity contribution in [3.8, 4) is 0 Å². The third kappa shape index (κ3) is 2.45. The number of pyridine rings is 1. The third-order valence-corrected chi connectivity index (χ3v) is 5.16. The van der Waals surface area contributed by atoms with Crippen LogP contribution >= 0.6 is 0 Å². The maximum atomic E-state index is 4.60. The van der Waals surface area contributed by atoms with Crippen molar-refractivity contribution in [1.82, 2.24) is 14.8 Å². The minimum atomic E-state index is 0.637. The van der Waals surface area contributed by atoms with Crippen molar-refractivity contribution in [2.75, 3.05) is 19.6 Å². The Kier molecular flexibility index (Phi) is 3.40. The summed E-state index contributed by atoms with van der Waals surface area (Å²) in [6.07, 6.45) is 4.65. The van der Waals surface area contributed by atoms with Gasteiger partial charge in [0.25, 0.3) is 0 Å². The molecule has 2 unspecified atom stereocenters. The number of piperazine rings is 1. The summed E-state index contributed by atoms with van der Waals surface area (Å²) in [6.45, 7) is 7.14. The van der Waals surface area contributed by atoms with Crippen LogP contribution in [0.2, 0.25) is 0 Å². The van der Waals surface area contributed by atoms with E-state index in [0.29, 0.717) is 6.04 Å². The van der Waals surface area contributed by atoms with Crippen molar-refractivity contribution in [2.45, 2.75) is 38.4 Å². The molecule has 0 N–H and O–H groups in total. The van der Waals surface area contributed by atoms with Crippen LogP contribution in [0.5, 0.6) is 0 Å². The van der Waals surface area contributed by atoms with Crippen LogP contribution < -0.4 is 0 Å². The van der Waals surface area contributed by atoms with Crippen molar-refractivity contribution in [2.24, 2.45) is 0 Å². The molecule has 2 aliphatic rings. The Balaban J connectivity index is 1.59. The largest absolute Gasteiger partial charge is 0.298 e. The van der Waals surface area contributed by atoms with E-state index in [2.05, 4.69) is 46.0 Å². The van der Waals surface area contributed by atoms with Crippen LogP contribution in [-0.2, 0) is 6.54 Å². The van der Waals surface area contributed by atoms with Gasteiger partial charge in [-0.3, -0.25) is 14.8 Å². The summed E-state index contributed by atoms with van der Waals surface area (Å²) in [5.41, 5.74) is 2.53. The van der Waals surface area contributed by atoms with Crippen LogP contribution in [0.25, 0.3) is 10.9 Å². The molecule has 3 heterocycles. The smallest absolute Gasteiger partial charge is 0.0746 e. The van der Waals surface area contributed by atoms with Crippen molar-refractivity contribution in [3.05, 3.63) is 42.1 Å². The summed E-state index contributed by atoms with van der Waals surface area (Å²) in [5, 5.41) is 1.25. The van der Waals surface area contributed by atoms with Gasteiger partial charge in [-0.15, -0.1) is 0 Å². The lowest BCUT2D eigenvalue weighted by atomic mass is 10.0. The first kappa shape index (κ1) is 13.2. The molecular formula is C18H23N3. The number of para-hydroxylation sites is 1. The Morgan fingerprint density at radius 1 is 1.19 bits per heavy atom. The van der Waals surface area contributed by atoms with Gasteiger partial charge in [0.1, 0.15) is 0 Å². The standard InChI is InChI=1S/C18H23N3/c1-14-11-20-10-4-8-17(20)13-21(14)12-16-6-2-5-15-7-3-9-19-18(15)16/h2-3,5-7,9,14,17H,4,8,10-13H2,1H3. The molecule has 21 heavy (non-hydrogen) atoms. The first-order valence-electron chi connectivity index (χ1n) is 8.12. The van der Waals surface area contributed by atoms with Crippen LogP contribution in [0.4, 0.5) is 0 Å².